The minimum Gasteiger partial charge on any atom is -0.508 e. The number of primary amides is 1. The lowest BCUT2D eigenvalue weighted by Gasteiger charge is -2.03. The highest BCUT2D eigenvalue weighted by Gasteiger charge is 1.98. The summed E-state index contributed by atoms with van der Waals surface area (Å²) in [4.78, 5) is 10.4. The van der Waals surface area contributed by atoms with Crippen LogP contribution in [0, 0.1) is 6.92 Å². The number of carbonyl (C=O) groups is 1. The molecule has 64 valence electrons. The van der Waals surface area contributed by atoms with Crippen LogP contribution in [0.2, 0.25) is 0 Å². The van der Waals surface area contributed by atoms with Crippen LogP contribution in [-0.4, -0.2) is 11.1 Å². The van der Waals surface area contributed by atoms with Crippen LogP contribution >= 0.6 is 0 Å². The van der Waals surface area contributed by atoms with Crippen LogP contribution in [0.25, 0.3) is 0 Å². The lowest BCUT2D eigenvalue weighted by molar-refractivity contribution is 0.259. The first-order valence-electron chi connectivity index (χ1n) is 3.45. The summed E-state index contributed by atoms with van der Waals surface area (Å²) in [7, 11) is 0. The Morgan fingerprint density at radius 3 is 2.75 bits per heavy atom. The average Bonchev–Trinajstić information content (AvgIpc) is 1.96. The number of aryl methyl sites for hydroxylation is 1. The topological polar surface area (TPSA) is 75.3 Å². The molecular weight excluding hydrogens is 156 g/mol. The zero-order valence-electron chi connectivity index (χ0n) is 6.66. The number of hydrogen-bond donors (Lipinski definition) is 3. The highest BCUT2D eigenvalue weighted by atomic mass is 16.3. The number of nitrogens with two attached hydrogens (primary N) is 1. The lowest BCUT2D eigenvalue weighted by atomic mass is 10.2. The molecule has 0 bridgehead atoms. The Kier molecular flexibility index (Phi) is 2.19. The second-order valence-corrected chi connectivity index (χ2v) is 2.49. The minimum absolute atomic E-state index is 0.199. The number of phenolic OH excluding ortho intramolecular Hbond substituents is 1. The molecule has 2 amide bonds. The highest BCUT2D eigenvalue weighted by Crippen LogP contribution is 2.19. The van der Waals surface area contributed by atoms with Gasteiger partial charge in [0.15, 0.2) is 0 Å². The van der Waals surface area contributed by atoms with Gasteiger partial charge < -0.3 is 16.2 Å². The molecular formula is C8H10N2O2. The zero-order valence-corrected chi connectivity index (χ0v) is 6.66. The molecule has 0 aromatic heterocycles. The molecule has 12 heavy (non-hydrogen) atoms. The molecule has 4 heteroatoms. The number of amides is 2. The molecule has 0 fully saturated rings. The minimum atomic E-state index is -0.611. The largest absolute Gasteiger partial charge is 0.508 e. The second-order valence-electron chi connectivity index (χ2n) is 2.49. The summed E-state index contributed by atoms with van der Waals surface area (Å²) >= 11 is 0. The first kappa shape index (κ1) is 8.39. The van der Waals surface area contributed by atoms with Gasteiger partial charge in [-0.15, -0.1) is 0 Å². The van der Waals surface area contributed by atoms with Crippen molar-refractivity contribution in [3.63, 3.8) is 0 Å². The van der Waals surface area contributed by atoms with Crippen molar-refractivity contribution in [1.29, 1.82) is 0 Å². The molecule has 0 spiro atoms. The molecule has 0 aliphatic heterocycles. The third kappa shape index (κ3) is 1.88. The van der Waals surface area contributed by atoms with Gasteiger partial charge in [0, 0.05) is 5.69 Å². The van der Waals surface area contributed by atoms with Crippen molar-refractivity contribution in [2.45, 2.75) is 6.92 Å². The van der Waals surface area contributed by atoms with Gasteiger partial charge in [-0.3, -0.25) is 0 Å². The number of carbonyl (C=O) groups excluding carboxylic acids is 1. The van der Waals surface area contributed by atoms with E-state index in [9.17, 15) is 4.79 Å². The number of rotatable bonds is 1. The van der Waals surface area contributed by atoms with Crippen molar-refractivity contribution in [1.82, 2.24) is 0 Å². The standard InChI is InChI=1S/C8H10N2O2/c1-5-4-6(10-8(9)12)2-3-7(5)11/h2-4,11H,1H3,(H3,9,10,12). The number of phenols is 1. The normalized spacial score (nSPS) is 9.42. The van der Waals surface area contributed by atoms with Crippen molar-refractivity contribution in [3.05, 3.63) is 23.8 Å². The summed E-state index contributed by atoms with van der Waals surface area (Å²) < 4.78 is 0. The van der Waals surface area contributed by atoms with E-state index < -0.39 is 6.03 Å². The average molecular weight is 166 g/mol. The molecule has 0 saturated heterocycles. The van der Waals surface area contributed by atoms with E-state index in [-0.39, 0.29) is 5.75 Å². The van der Waals surface area contributed by atoms with Gasteiger partial charge in [-0.25, -0.2) is 4.79 Å². The summed E-state index contributed by atoms with van der Waals surface area (Å²) in [5.74, 6) is 0.199. The Balaban J connectivity index is 2.89. The number of hydrogen-bond acceptors (Lipinski definition) is 2. The maximum atomic E-state index is 10.4. The van der Waals surface area contributed by atoms with E-state index in [1.165, 1.54) is 6.07 Å². The highest BCUT2D eigenvalue weighted by molar-refractivity contribution is 5.87. The van der Waals surface area contributed by atoms with Gasteiger partial charge in [0.2, 0.25) is 0 Å². The summed E-state index contributed by atoms with van der Waals surface area (Å²) in [6.07, 6.45) is 0. The van der Waals surface area contributed by atoms with E-state index in [1.807, 2.05) is 0 Å². The fourth-order valence-corrected chi connectivity index (χ4v) is 0.875. The Labute approximate surface area is 70.0 Å². The van der Waals surface area contributed by atoms with E-state index in [2.05, 4.69) is 5.32 Å². The smallest absolute Gasteiger partial charge is 0.316 e. The van der Waals surface area contributed by atoms with Crippen LogP contribution in [-0.2, 0) is 0 Å². The summed E-state index contributed by atoms with van der Waals surface area (Å²) in [5, 5.41) is 11.5. The molecule has 0 radical (unpaired) electrons. The van der Waals surface area contributed by atoms with Gasteiger partial charge in [0.1, 0.15) is 5.75 Å². The first-order valence-corrected chi connectivity index (χ1v) is 3.45. The van der Waals surface area contributed by atoms with Gasteiger partial charge in [-0.05, 0) is 30.7 Å². The Bertz CT molecular complexity index is 310. The van der Waals surface area contributed by atoms with Crippen molar-refractivity contribution >= 4 is 11.7 Å². The van der Waals surface area contributed by atoms with Crippen LogP contribution in [0.4, 0.5) is 10.5 Å². The molecule has 0 unspecified atom stereocenters. The van der Waals surface area contributed by atoms with Crippen LogP contribution in [0.3, 0.4) is 0 Å². The van der Waals surface area contributed by atoms with E-state index in [0.29, 0.717) is 11.3 Å². The van der Waals surface area contributed by atoms with E-state index in [0.717, 1.165) is 0 Å². The first-order chi connectivity index (χ1) is 5.59. The fraction of sp³-hybridized carbons (Fsp3) is 0.125. The number of aromatic hydroxyl groups is 1. The third-order valence-electron chi connectivity index (χ3n) is 1.46. The number of urea groups is 1. The molecule has 1 aromatic carbocycles. The van der Waals surface area contributed by atoms with E-state index in [4.69, 9.17) is 10.8 Å². The van der Waals surface area contributed by atoms with Crippen LogP contribution < -0.4 is 11.1 Å². The van der Waals surface area contributed by atoms with Crippen LogP contribution in [0.15, 0.2) is 18.2 Å². The molecule has 0 atom stereocenters. The van der Waals surface area contributed by atoms with Gasteiger partial charge in [-0.2, -0.15) is 0 Å². The predicted molar refractivity (Wildman–Crippen MR) is 46.0 cm³/mol. The summed E-state index contributed by atoms with van der Waals surface area (Å²) in [5.41, 5.74) is 6.18. The molecule has 0 saturated carbocycles. The van der Waals surface area contributed by atoms with Gasteiger partial charge >= 0.3 is 6.03 Å². The Morgan fingerprint density at radius 2 is 2.25 bits per heavy atom. The van der Waals surface area contributed by atoms with Crippen LogP contribution in [0.5, 0.6) is 5.75 Å². The van der Waals surface area contributed by atoms with Crippen molar-refractivity contribution in [3.8, 4) is 5.75 Å². The van der Waals surface area contributed by atoms with Crippen molar-refractivity contribution < 1.29 is 9.90 Å². The zero-order chi connectivity index (χ0) is 9.14. The monoisotopic (exact) mass is 166 g/mol. The molecule has 0 heterocycles. The maximum absolute atomic E-state index is 10.4. The van der Waals surface area contributed by atoms with E-state index in [1.54, 1.807) is 19.1 Å². The molecule has 0 aliphatic carbocycles. The molecule has 0 aliphatic rings. The summed E-state index contributed by atoms with van der Waals surface area (Å²) in [6, 6.07) is 4.11. The molecule has 1 rings (SSSR count). The van der Waals surface area contributed by atoms with Crippen molar-refractivity contribution in [2.24, 2.45) is 5.73 Å². The van der Waals surface area contributed by atoms with Gasteiger partial charge in [-0.1, -0.05) is 0 Å². The third-order valence-corrected chi connectivity index (χ3v) is 1.46. The number of nitrogens with one attached hydrogen (secondary N) is 1. The van der Waals surface area contributed by atoms with Crippen molar-refractivity contribution in [2.75, 3.05) is 5.32 Å². The second kappa shape index (κ2) is 3.13. The SMILES string of the molecule is Cc1cc(NC(N)=O)ccc1O. The fourth-order valence-electron chi connectivity index (χ4n) is 0.875. The predicted octanol–water partition coefficient (Wildman–Crippen LogP) is 1.19. The Morgan fingerprint density at radius 1 is 1.58 bits per heavy atom. The van der Waals surface area contributed by atoms with Gasteiger partial charge in [0.25, 0.3) is 0 Å². The number of anilines is 1. The molecule has 1 aromatic rings. The molecule has 4 nitrogen and oxygen atoms in total. The number of benzene rings is 1. The molecule has 4 N–H and O–H groups in total. The summed E-state index contributed by atoms with van der Waals surface area (Å²) in [6.45, 7) is 1.74. The van der Waals surface area contributed by atoms with Gasteiger partial charge in [0.05, 0.1) is 0 Å². The van der Waals surface area contributed by atoms with Crippen LogP contribution in [0.1, 0.15) is 5.56 Å². The van der Waals surface area contributed by atoms with E-state index >= 15 is 0 Å². The Hall–Kier alpha value is -1.71. The quantitative estimate of drug-likeness (QED) is 0.548. The maximum Gasteiger partial charge on any atom is 0.316 e. The lowest BCUT2D eigenvalue weighted by Crippen LogP contribution is -2.19.